The number of carbonyl (C=O) groups excluding carboxylic acids is 1. The van der Waals surface area contributed by atoms with Crippen molar-refractivity contribution in [3.8, 4) is 0 Å². The van der Waals surface area contributed by atoms with Crippen LogP contribution in [0, 0.1) is 11.8 Å². The summed E-state index contributed by atoms with van der Waals surface area (Å²) in [6, 6.07) is 0.198. The molecule has 2 fully saturated rings. The van der Waals surface area contributed by atoms with Crippen LogP contribution in [-0.4, -0.2) is 43.5 Å². The van der Waals surface area contributed by atoms with Crippen LogP contribution in [-0.2, 0) is 4.74 Å². The van der Waals surface area contributed by atoms with Crippen LogP contribution < -0.4 is 10.6 Å². The summed E-state index contributed by atoms with van der Waals surface area (Å²) < 4.78 is 5.52. The van der Waals surface area contributed by atoms with E-state index in [1.807, 2.05) is 0 Å². The van der Waals surface area contributed by atoms with Crippen LogP contribution in [0.3, 0.4) is 0 Å². The second kappa shape index (κ2) is 8.47. The quantitative estimate of drug-likeness (QED) is 0.594. The summed E-state index contributed by atoms with van der Waals surface area (Å²) in [4.78, 5) is 11.7. The summed E-state index contributed by atoms with van der Waals surface area (Å²) in [7, 11) is 0. The number of ether oxygens (including phenoxy) is 1. The van der Waals surface area contributed by atoms with Crippen LogP contribution in [0.5, 0.6) is 0 Å². The van der Waals surface area contributed by atoms with Crippen molar-refractivity contribution in [2.75, 3.05) is 26.4 Å². The summed E-state index contributed by atoms with van der Waals surface area (Å²) in [5, 5.41) is 15.0. The van der Waals surface area contributed by atoms with E-state index >= 15 is 0 Å². The Hall–Kier alpha value is -0.810. The highest BCUT2D eigenvalue weighted by atomic mass is 16.5. The molecule has 0 aromatic carbocycles. The van der Waals surface area contributed by atoms with Gasteiger partial charge in [-0.05, 0) is 56.8 Å². The van der Waals surface area contributed by atoms with Crippen LogP contribution in [0.2, 0.25) is 0 Å². The number of aliphatic hydroxyl groups excluding tert-OH is 1. The molecule has 0 aromatic heterocycles. The molecule has 2 aliphatic carbocycles. The van der Waals surface area contributed by atoms with Crippen LogP contribution in [0.15, 0.2) is 0 Å². The molecule has 5 nitrogen and oxygen atoms in total. The molecule has 2 amide bonds. The number of carbonyl (C=O) groups is 1. The van der Waals surface area contributed by atoms with Gasteiger partial charge in [-0.25, -0.2) is 4.79 Å². The van der Waals surface area contributed by atoms with Gasteiger partial charge in [0.15, 0.2) is 0 Å². The lowest BCUT2D eigenvalue weighted by atomic mass is 9.87. The predicted molar refractivity (Wildman–Crippen MR) is 77.5 cm³/mol. The monoisotopic (exact) mass is 284 g/mol. The number of nitrogens with one attached hydrogen (secondary N) is 2. The van der Waals surface area contributed by atoms with Gasteiger partial charge in [-0.2, -0.15) is 0 Å². The first-order chi connectivity index (χ1) is 9.78. The van der Waals surface area contributed by atoms with E-state index in [2.05, 4.69) is 10.6 Å². The Morgan fingerprint density at radius 3 is 2.45 bits per heavy atom. The van der Waals surface area contributed by atoms with Gasteiger partial charge in [0.1, 0.15) is 0 Å². The van der Waals surface area contributed by atoms with Crippen molar-refractivity contribution < 1.29 is 14.6 Å². The fraction of sp³-hybridized carbons (Fsp3) is 0.933. The molecular weight excluding hydrogens is 256 g/mol. The second-order valence-electron chi connectivity index (χ2n) is 6.17. The van der Waals surface area contributed by atoms with Gasteiger partial charge < -0.3 is 20.5 Å². The van der Waals surface area contributed by atoms with E-state index in [9.17, 15) is 4.79 Å². The molecule has 0 aliphatic heterocycles. The van der Waals surface area contributed by atoms with Crippen LogP contribution in [0.4, 0.5) is 4.79 Å². The molecule has 0 spiro atoms. The van der Waals surface area contributed by atoms with Crippen molar-refractivity contribution >= 4 is 6.03 Å². The summed E-state index contributed by atoms with van der Waals surface area (Å²) >= 11 is 0. The normalized spacial score (nSPS) is 26.2. The number of amides is 2. The Labute approximate surface area is 121 Å². The van der Waals surface area contributed by atoms with Crippen LogP contribution in [0.1, 0.15) is 44.9 Å². The first kappa shape index (κ1) is 15.6. The molecule has 116 valence electrons. The molecule has 0 radical (unpaired) electrons. The van der Waals surface area contributed by atoms with E-state index < -0.39 is 0 Å². The second-order valence-corrected chi connectivity index (χ2v) is 6.17. The molecule has 3 N–H and O–H groups in total. The summed E-state index contributed by atoms with van der Waals surface area (Å²) in [6.07, 6.45) is 7.48. The smallest absolute Gasteiger partial charge is 0.315 e. The molecule has 0 atom stereocenters. The Morgan fingerprint density at radius 1 is 1.10 bits per heavy atom. The summed E-state index contributed by atoms with van der Waals surface area (Å²) in [5.41, 5.74) is 0. The Kier molecular flexibility index (Phi) is 6.60. The number of hydrogen-bond acceptors (Lipinski definition) is 3. The first-order valence-electron chi connectivity index (χ1n) is 8.01. The lowest BCUT2D eigenvalue weighted by Crippen LogP contribution is -2.44. The van der Waals surface area contributed by atoms with E-state index in [1.165, 1.54) is 12.8 Å². The Bertz CT molecular complexity index is 287. The van der Waals surface area contributed by atoms with E-state index in [0.29, 0.717) is 12.5 Å². The van der Waals surface area contributed by atoms with Crippen molar-refractivity contribution in [2.45, 2.75) is 51.0 Å². The average molecular weight is 284 g/mol. The van der Waals surface area contributed by atoms with Gasteiger partial charge in [0.2, 0.25) is 0 Å². The molecule has 20 heavy (non-hydrogen) atoms. The van der Waals surface area contributed by atoms with Crippen molar-refractivity contribution in [1.82, 2.24) is 10.6 Å². The Balaban J connectivity index is 1.43. The van der Waals surface area contributed by atoms with E-state index in [1.54, 1.807) is 0 Å². The first-order valence-corrected chi connectivity index (χ1v) is 8.01. The highest BCUT2D eigenvalue weighted by Crippen LogP contribution is 2.28. The SMILES string of the molecule is O=C(NCCCOCC1CC1)NC1CCC(CO)CC1. The van der Waals surface area contributed by atoms with Crippen molar-refractivity contribution in [3.63, 3.8) is 0 Å². The minimum absolute atomic E-state index is 0.0698. The largest absolute Gasteiger partial charge is 0.396 e. The van der Waals surface area contributed by atoms with Gasteiger partial charge in [-0.1, -0.05) is 0 Å². The molecular formula is C15H28N2O3. The molecule has 0 aromatic rings. The van der Waals surface area contributed by atoms with E-state index in [-0.39, 0.29) is 18.7 Å². The number of rotatable bonds is 8. The zero-order valence-electron chi connectivity index (χ0n) is 12.3. The molecule has 2 aliphatic rings. The minimum Gasteiger partial charge on any atom is -0.396 e. The van der Waals surface area contributed by atoms with E-state index in [0.717, 1.165) is 51.2 Å². The zero-order valence-corrected chi connectivity index (χ0v) is 12.3. The van der Waals surface area contributed by atoms with Gasteiger partial charge in [0, 0.05) is 32.4 Å². The standard InChI is InChI=1S/C15H28N2O3/c18-10-12-4-6-14(7-5-12)17-15(19)16-8-1-9-20-11-13-2-3-13/h12-14,18H,1-11H2,(H2,16,17,19). The van der Waals surface area contributed by atoms with Gasteiger partial charge in [0.05, 0.1) is 0 Å². The fourth-order valence-corrected chi connectivity index (χ4v) is 2.64. The molecule has 2 saturated carbocycles. The molecule has 0 bridgehead atoms. The maximum Gasteiger partial charge on any atom is 0.315 e. The maximum absolute atomic E-state index is 11.7. The van der Waals surface area contributed by atoms with E-state index in [4.69, 9.17) is 9.84 Å². The molecule has 0 saturated heterocycles. The van der Waals surface area contributed by atoms with Crippen molar-refractivity contribution in [1.29, 1.82) is 0 Å². The highest BCUT2D eigenvalue weighted by Gasteiger charge is 2.22. The van der Waals surface area contributed by atoms with Crippen molar-refractivity contribution in [3.05, 3.63) is 0 Å². The van der Waals surface area contributed by atoms with Gasteiger partial charge in [-0.3, -0.25) is 0 Å². The third kappa shape index (κ3) is 6.09. The highest BCUT2D eigenvalue weighted by molar-refractivity contribution is 5.74. The lowest BCUT2D eigenvalue weighted by molar-refractivity contribution is 0.122. The molecule has 5 heteroatoms. The minimum atomic E-state index is -0.0698. The summed E-state index contributed by atoms with van der Waals surface area (Å²) in [6.45, 7) is 2.57. The zero-order chi connectivity index (χ0) is 14.2. The number of aliphatic hydroxyl groups is 1. The van der Waals surface area contributed by atoms with Crippen LogP contribution in [0.25, 0.3) is 0 Å². The third-order valence-electron chi connectivity index (χ3n) is 4.24. The number of urea groups is 1. The molecule has 2 rings (SSSR count). The predicted octanol–water partition coefficient (Wildman–Crippen LogP) is 1.65. The molecule has 0 unspecified atom stereocenters. The van der Waals surface area contributed by atoms with Crippen LogP contribution >= 0.6 is 0 Å². The van der Waals surface area contributed by atoms with Gasteiger partial charge in [-0.15, -0.1) is 0 Å². The molecule has 0 heterocycles. The number of hydrogen-bond donors (Lipinski definition) is 3. The maximum atomic E-state index is 11.7. The lowest BCUT2D eigenvalue weighted by Gasteiger charge is -2.27. The van der Waals surface area contributed by atoms with Crippen molar-refractivity contribution in [2.24, 2.45) is 11.8 Å². The average Bonchev–Trinajstić information content (AvgIpc) is 3.27. The Morgan fingerprint density at radius 2 is 1.80 bits per heavy atom. The fourth-order valence-electron chi connectivity index (χ4n) is 2.64. The van der Waals surface area contributed by atoms with Gasteiger partial charge >= 0.3 is 6.03 Å². The van der Waals surface area contributed by atoms with Gasteiger partial charge in [0.25, 0.3) is 0 Å². The topological polar surface area (TPSA) is 70.6 Å². The summed E-state index contributed by atoms with van der Waals surface area (Å²) in [5.74, 6) is 1.24. The third-order valence-corrected chi connectivity index (χ3v) is 4.24.